The van der Waals surface area contributed by atoms with Gasteiger partial charge in [0.15, 0.2) is 5.60 Å². The van der Waals surface area contributed by atoms with Crippen molar-refractivity contribution in [3.05, 3.63) is 70.9 Å². The number of aromatic nitrogens is 1. The van der Waals surface area contributed by atoms with Crippen LogP contribution in [0.15, 0.2) is 48.6 Å². The lowest BCUT2D eigenvalue weighted by molar-refractivity contribution is -0.204. The summed E-state index contributed by atoms with van der Waals surface area (Å²) >= 11 is 0. The van der Waals surface area contributed by atoms with E-state index < -0.39 is 75.5 Å². The molecular formula is C50H66N6O11S2. The van der Waals surface area contributed by atoms with Gasteiger partial charge in [0.2, 0.25) is 0 Å². The highest BCUT2D eigenvalue weighted by Crippen LogP contribution is 2.68. The van der Waals surface area contributed by atoms with Gasteiger partial charge in [-0.05, 0) is 99.7 Å². The number of aliphatic hydroxyl groups is 3. The van der Waals surface area contributed by atoms with E-state index in [4.69, 9.17) is 19.3 Å². The van der Waals surface area contributed by atoms with Gasteiger partial charge in [-0.2, -0.15) is 0 Å². The molecule has 2 aliphatic carbocycles. The van der Waals surface area contributed by atoms with Gasteiger partial charge in [0, 0.05) is 75.9 Å². The van der Waals surface area contributed by atoms with Crippen LogP contribution in [0.25, 0.3) is 10.9 Å². The van der Waals surface area contributed by atoms with Crippen LogP contribution in [-0.4, -0.2) is 149 Å². The van der Waals surface area contributed by atoms with Crippen LogP contribution >= 0.6 is 21.6 Å². The maximum atomic E-state index is 15.7. The first-order chi connectivity index (χ1) is 33.1. The molecule has 1 spiro atoms. The summed E-state index contributed by atoms with van der Waals surface area (Å²) in [6.45, 7) is 6.38. The topological polar surface area (TPSA) is 235 Å². The van der Waals surface area contributed by atoms with Gasteiger partial charge in [-0.15, -0.1) is 0 Å². The number of H-pyrrole nitrogens is 1. The quantitative estimate of drug-likeness (QED) is 0.0395. The summed E-state index contributed by atoms with van der Waals surface area (Å²) in [5.41, 5.74) is 1.83. The fraction of sp³-hybridized carbons (Fsp3) is 0.600. The van der Waals surface area contributed by atoms with Gasteiger partial charge in [0.1, 0.15) is 23.9 Å². The standard InChI is InChI=1S/C50H66N6O11S2/c1-6-46(63)26-29-23-30(27-46)49(44(61)66-5,39-32(13-17-51-28-29)31-11-8-9-12-35(31)52-39)34-24-33-36(25-37(34)65-4)55(3)41-48(33)16-19-56-18-10-15-47(7-2,40(48)56)42(59)50(41,64)43(60)53-54-45(62)67-20-22-69-68-21-14-38(57)58/h8-12,15,24-25,29-30,40-42,51-52,59,63-64H,6-7,13-14,16-23,26-28H2,1-5H3,(H,53,60)(H,54,62)(H,57,58)/t29-,30?,40-,41+,42+,46-,47+,48+,49-,50-/m0/s1. The highest BCUT2D eigenvalue weighted by Gasteiger charge is 2.79. The number of carboxylic acids is 1. The average Bonchev–Trinajstić information content (AvgIpc) is 4.00. The molecule has 2 amide bonds. The third-order valence-electron chi connectivity index (χ3n) is 16.8. The highest BCUT2D eigenvalue weighted by molar-refractivity contribution is 8.76. The van der Waals surface area contributed by atoms with E-state index in [2.05, 4.69) is 38.2 Å². The van der Waals surface area contributed by atoms with E-state index in [0.717, 1.165) is 22.0 Å². The molecule has 8 N–H and O–H groups in total. The predicted octanol–water partition coefficient (Wildman–Crippen LogP) is 4.15. The second-order valence-electron chi connectivity index (χ2n) is 19.9. The average molecular weight is 991 g/mol. The van der Waals surface area contributed by atoms with Gasteiger partial charge in [-0.1, -0.05) is 65.8 Å². The van der Waals surface area contributed by atoms with Crippen LogP contribution in [0.1, 0.15) is 81.2 Å². The fourth-order valence-electron chi connectivity index (χ4n) is 14.1. The van der Waals surface area contributed by atoms with Crippen molar-refractivity contribution in [3.63, 3.8) is 0 Å². The summed E-state index contributed by atoms with van der Waals surface area (Å²) in [7, 11) is 7.47. The van der Waals surface area contributed by atoms with Crippen LogP contribution in [0.5, 0.6) is 5.75 Å². The van der Waals surface area contributed by atoms with Crippen molar-refractivity contribution in [3.8, 4) is 5.75 Å². The Morgan fingerprint density at radius 1 is 0.986 bits per heavy atom. The Morgan fingerprint density at radius 3 is 2.51 bits per heavy atom. The molecule has 1 aromatic heterocycles. The molecule has 4 aliphatic heterocycles. The zero-order valence-electron chi connectivity index (χ0n) is 40.0. The van der Waals surface area contributed by atoms with Crippen LogP contribution in [0, 0.1) is 17.3 Å². The van der Waals surface area contributed by atoms with Gasteiger partial charge in [0.25, 0.3) is 5.91 Å². The maximum absolute atomic E-state index is 15.7. The predicted molar refractivity (Wildman–Crippen MR) is 263 cm³/mol. The van der Waals surface area contributed by atoms with Gasteiger partial charge >= 0.3 is 18.0 Å². The van der Waals surface area contributed by atoms with E-state index in [0.29, 0.717) is 105 Å². The molecule has 3 aromatic rings. The summed E-state index contributed by atoms with van der Waals surface area (Å²) in [5, 5.41) is 52.3. The molecule has 10 atom stereocenters. The van der Waals surface area contributed by atoms with Crippen LogP contribution in [0.3, 0.4) is 0 Å². The number of aromatic amines is 1. The third kappa shape index (κ3) is 7.62. The van der Waals surface area contributed by atoms with Crippen molar-refractivity contribution in [2.45, 2.75) is 105 Å². The molecular weight excluding hydrogens is 925 g/mol. The number of methoxy groups -OCH3 is 2. The number of rotatable bonds is 13. The Morgan fingerprint density at radius 2 is 1.77 bits per heavy atom. The number of benzene rings is 2. The van der Waals surface area contributed by atoms with Crippen LogP contribution in [0.4, 0.5) is 10.5 Å². The zero-order chi connectivity index (χ0) is 49.1. The van der Waals surface area contributed by atoms with E-state index in [9.17, 15) is 29.7 Å². The Balaban J connectivity index is 1.20. The van der Waals surface area contributed by atoms with Gasteiger partial charge < -0.3 is 49.8 Å². The fourth-order valence-corrected chi connectivity index (χ4v) is 15.9. The van der Waals surface area contributed by atoms with Crippen molar-refractivity contribution in [2.24, 2.45) is 17.3 Å². The molecule has 19 heteroatoms. The molecule has 2 saturated carbocycles. The number of fused-ring (bicyclic) bond motifs is 6. The normalized spacial score (nSPS) is 33.4. The number of amides is 2. The summed E-state index contributed by atoms with van der Waals surface area (Å²) in [6, 6.07) is 10.5. The molecule has 9 rings (SSSR count). The van der Waals surface area contributed by atoms with E-state index in [1.54, 1.807) is 14.2 Å². The smallest absolute Gasteiger partial charge is 0.426 e. The van der Waals surface area contributed by atoms with E-state index in [1.807, 2.05) is 55.2 Å². The number of hydrogen-bond acceptors (Lipinski definition) is 15. The molecule has 6 aliphatic rings. The molecule has 3 fully saturated rings. The van der Waals surface area contributed by atoms with Crippen LogP contribution < -0.4 is 25.8 Å². The van der Waals surface area contributed by atoms with Crippen LogP contribution in [-0.2, 0) is 41.1 Å². The summed E-state index contributed by atoms with van der Waals surface area (Å²) < 4.78 is 17.8. The molecule has 374 valence electrons. The van der Waals surface area contributed by atoms with Crippen molar-refractivity contribution in [1.29, 1.82) is 0 Å². The van der Waals surface area contributed by atoms with Crippen LogP contribution in [0.2, 0.25) is 0 Å². The number of para-hydroxylation sites is 1. The van der Waals surface area contributed by atoms with Gasteiger partial charge in [-0.25, -0.2) is 10.2 Å². The molecule has 17 nitrogen and oxygen atoms in total. The van der Waals surface area contributed by atoms with Crippen molar-refractivity contribution in [2.75, 3.05) is 70.5 Å². The first-order valence-electron chi connectivity index (χ1n) is 24.2. The lowest BCUT2D eigenvalue weighted by Gasteiger charge is -2.63. The molecule has 69 heavy (non-hydrogen) atoms. The lowest BCUT2D eigenvalue weighted by atomic mass is 9.47. The minimum Gasteiger partial charge on any atom is -0.496 e. The van der Waals surface area contributed by atoms with Crippen molar-refractivity contribution >= 4 is 62.1 Å². The monoisotopic (exact) mass is 990 g/mol. The number of likely N-dealkylation sites (N-methyl/N-ethyl adjacent to an activating group) is 1. The van der Waals surface area contributed by atoms with Gasteiger partial charge in [-0.3, -0.25) is 24.7 Å². The van der Waals surface area contributed by atoms with E-state index >= 15 is 4.79 Å². The third-order valence-corrected chi connectivity index (χ3v) is 19.2. The van der Waals surface area contributed by atoms with E-state index in [1.165, 1.54) is 28.7 Å². The largest absolute Gasteiger partial charge is 0.496 e. The molecule has 1 saturated heterocycles. The molecule has 2 aromatic carbocycles. The van der Waals surface area contributed by atoms with Crippen molar-refractivity contribution < 1.29 is 53.8 Å². The van der Waals surface area contributed by atoms with Crippen molar-refractivity contribution in [1.82, 2.24) is 26.1 Å². The number of carbonyl (C=O) groups is 4. The minimum atomic E-state index is -2.54. The molecule has 2 bridgehead atoms. The number of hydrazine groups is 1. The SMILES string of the molecule is CC[C@@]1(O)CC2C[C@H](CNCCc3c([nH]c4ccccc34)[C@@]2(C(=O)OC)c2cc3c(cc2OC)N(C)[C@H]2[C@@](O)(C(=O)NNC(=O)OCCSSCCC(=O)O)[C@H](O)[C@]4(CC)C=CCN5CC[C@]32[C@@H]54)C1. The number of carbonyl (C=O) groups excluding carboxylic acids is 3. The number of nitrogens with one attached hydrogen (secondary N) is 4. The maximum Gasteiger partial charge on any atom is 0.426 e. The number of ether oxygens (including phenoxy) is 3. The number of aliphatic carboxylic acids is 1. The molecule has 0 radical (unpaired) electrons. The number of hydrogen-bond donors (Lipinski definition) is 8. The Hall–Kier alpha value is -4.50. The first kappa shape index (κ1) is 49.5. The second kappa shape index (κ2) is 18.9. The van der Waals surface area contributed by atoms with E-state index in [-0.39, 0.29) is 18.9 Å². The Labute approximate surface area is 410 Å². The second-order valence-corrected chi connectivity index (χ2v) is 22.6. The number of anilines is 1. The molecule has 1 unspecified atom stereocenters. The highest BCUT2D eigenvalue weighted by atomic mass is 33.1. The summed E-state index contributed by atoms with van der Waals surface area (Å²) in [5.74, 6) is -1.71. The molecule has 5 heterocycles. The zero-order valence-corrected chi connectivity index (χ0v) is 41.6. The minimum absolute atomic E-state index is 0.00818. The first-order valence-corrected chi connectivity index (χ1v) is 26.7. The summed E-state index contributed by atoms with van der Waals surface area (Å²) in [6.07, 6.45) is 4.73. The number of aliphatic hydroxyl groups excluding tert-OH is 1. The number of carboxylic acid groups (broad SMARTS) is 1. The number of esters is 1. The summed E-state index contributed by atoms with van der Waals surface area (Å²) in [4.78, 5) is 62.4. The number of nitrogens with zero attached hydrogens (tertiary/aromatic N) is 2. The Bertz CT molecular complexity index is 2530. The Kier molecular flexibility index (Phi) is 13.6. The van der Waals surface area contributed by atoms with Gasteiger partial charge in [0.05, 0.1) is 32.3 Å². The lowest BCUT2D eigenvalue weighted by Crippen LogP contribution is -2.82.